The SMILES string of the molecule is Cc1cc(C)nc(C(Cc2ccccc2Br)NN)c1. The maximum atomic E-state index is 5.70. The van der Waals surface area contributed by atoms with Gasteiger partial charge in [-0.05, 0) is 49.6 Å². The van der Waals surface area contributed by atoms with Crippen molar-refractivity contribution in [3.63, 3.8) is 0 Å². The van der Waals surface area contributed by atoms with Crippen LogP contribution >= 0.6 is 15.9 Å². The molecule has 0 fully saturated rings. The monoisotopic (exact) mass is 319 g/mol. The molecule has 0 saturated carbocycles. The number of hydrazine groups is 1. The van der Waals surface area contributed by atoms with Gasteiger partial charge in [0.2, 0.25) is 0 Å². The lowest BCUT2D eigenvalue weighted by atomic mass is 10.0. The highest BCUT2D eigenvalue weighted by Gasteiger charge is 2.14. The second-order valence-electron chi connectivity index (χ2n) is 4.73. The van der Waals surface area contributed by atoms with Gasteiger partial charge in [-0.15, -0.1) is 0 Å². The lowest BCUT2D eigenvalue weighted by Gasteiger charge is -2.17. The molecule has 1 aromatic heterocycles. The summed E-state index contributed by atoms with van der Waals surface area (Å²) in [7, 11) is 0. The smallest absolute Gasteiger partial charge is 0.0673 e. The van der Waals surface area contributed by atoms with E-state index in [1.807, 2.05) is 25.1 Å². The first-order valence-corrected chi connectivity index (χ1v) is 7.04. The van der Waals surface area contributed by atoms with Gasteiger partial charge in [0, 0.05) is 10.2 Å². The van der Waals surface area contributed by atoms with Gasteiger partial charge in [-0.25, -0.2) is 0 Å². The Morgan fingerprint density at radius 3 is 2.63 bits per heavy atom. The van der Waals surface area contributed by atoms with Gasteiger partial charge in [-0.3, -0.25) is 16.3 Å². The van der Waals surface area contributed by atoms with Crippen LogP contribution in [0, 0.1) is 13.8 Å². The highest BCUT2D eigenvalue weighted by molar-refractivity contribution is 9.10. The van der Waals surface area contributed by atoms with E-state index >= 15 is 0 Å². The van der Waals surface area contributed by atoms with Gasteiger partial charge in [0.15, 0.2) is 0 Å². The van der Waals surface area contributed by atoms with Gasteiger partial charge >= 0.3 is 0 Å². The molecule has 19 heavy (non-hydrogen) atoms. The summed E-state index contributed by atoms with van der Waals surface area (Å²) in [5.41, 5.74) is 7.28. The molecule has 1 atom stereocenters. The first kappa shape index (κ1) is 14.2. The van der Waals surface area contributed by atoms with Crippen molar-refractivity contribution >= 4 is 15.9 Å². The van der Waals surface area contributed by atoms with E-state index < -0.39 is 0 Å². The molecule has 2 aromatic rings. The summed E-state index contributed by atoms with van der Waals surface area (Å²) < 4.78 is 1.10. The lowest BCUT2D eigenvalue weighted by molar-refractivity contribution is 0.536. The van der Waals surface area contributed by atoms with Crippen LogP contribution in [0.5, 0.6) is 0 Å². The van der Waals surface area contributed by atoms with Crippen molar-refractivity contribution < 1.29 is 0 Å². The number of aromatic nitrogens is 1. The summed E-state index contributed by atoms with van der Waals surface area (Å²) in [6.07, 6.45) is 0.799. The minimum absolute atomic E-state index is 0.0114. The maximum Gasteiger partial charge on any atom is 0.0673 e. The fraction of sp³-hybridized carbons (Fsp3) is 0.267. The lowest BCUT2D eigenvalue weighted by Crippen LogP contribution is -2.30. The quantitative estimate of drug-likeness (QED) is 0.672. The third kappa shape index (κ3) is 3.62. The van der Waals surface area contributed by atoms with Gasteiger partial charge in [0.1, 0.15) is 0 Å². The predicted octanol–water partition coefficient (Wildman–Crippen LogP) is 3.21. The third-order valence-corrected chi connectivity index (χ3v) is 3.83. The number of benzene rings is 1. The van der Waals surface area contributed by atoms with Crippen molar-refractivity contribution in [1.82, 2.24) is 10.4 Å². The number of halogens is 1. The molecule has 3 N–H and O–H groups in total. The van der Waals surface area contributed by atoms with Crippen LogP contribution in [-0.2, 0) is 6.42 Å². The van der Waals surface area contributed by atoms with Crippen molar-refractivity contribution in [3.05, 3.63) is 63.4 Å². The molecule has 1 aromatic carbocycles. The van der Waals surface area contributed by atoms with Crippen LogP contribution in [-0.4, -0.2) is 4.98 Å². The van der Waals surface area contributed by atoms with E-state index in [0.29, 0.717) is 0 Å². The Kier molecular flexibility index (Phi) is 4.69. The van der Waals surface area contributed by atoms with Crippen LogP contribution in [0.2, 0.25) is 0 Å². The van der Waals surface area contributed by atoms with E-state index in [1.54, 1.807) is 0 Å². The van der Waals surface area contributed by atoms with Crippen molar-refractivity contribution in [2.75, 3.05) is 0 Å². The van der Waals surface area contributed by atoms with Crippen molar-refractivity contribution in [2.45, 2.75) is 26.3 Å². The van der Waals surface area contributed by atoms with Gasteiger partial charge in [0.25, 0.3) is 0 Å². The molecular formula is C15H18BrN3. The van der Waals surface area contributed by atoms with Crippen LogP contribution in [0.4, 0.5) is 0 Å². The summed E-state index contributed by atoms with van der Waals surface area (Å²) in [6, 6.07) is 12.3. The van der Waals surface area contributed by atoms with E-state index in [2.05, 4.69) is 51.5 Å². The molecule has 4 heteroatoms. The number of aryl methyl sites for hydroxylation is 2. The van der Waals surface area contributed by atoms with E-state index in [1.165, 1.54) is 11.1 Å². The Morgan fingerprint density at radius 1 is 1.26 bits per heavy atom. The van der Waals surface area contributed by atoms with Gasteiger partial charge in [-0.2, -0.15) is 0 Å². The minimum atomic E-state index is 0.0114. The Hall–Kier alpha value is -1.23. The van der Waals surface area contributed by atoms with Gasteiger partial charge in [0.05, 0.1) is 11.7 Å². The van der Waals surface area contributed by atoms with Crippen LogP contribution in [0.25, 0.3) is 0 Å². The maximum absolute atomic E-state index is 5.70. The van der Waals surface area contributed by atoms with E-state index in [4.69, 9.17) is 5.84 Å². The number of nitrogens with one attached hydrogen (secondary N) is 1. The van der Waals surface area contributed by atoms with Gasteiger partial charge in [-0.1, -0.05) is 34.1 Å². The number of nitrogens with zero attached hydrogens (tertiary/aromatic N) is 1. The summed E-state index contributed by atoms with van der Waals surface area (Å²) >= 11 is 3.57. The molecule has 0 bridgehead atoms. The van der Waals surface area contributed by atoms with E-state index in [0.717, 1.165) is 22.3 Å². The zero-order chi connectivity index (χ0) is 13.8. The largest absolute Gasteiger partial charge is 0.271 e. The topological polar surface area (TPSA) is 50.9 Å². The first-order chi connectivity index (χ1) is 9.10. The molecule has 1 heterocycles. The number of pyridine rings is 1. The summed E-state index contributed by atoms with van der Waals surface area (Å²) in [5.74, 6) is 5.70. The zero-order valence-corrected chi connectivity index (χ0v) is 12.7. The molecule has 0 spiro atoms. The predicted molar refractivity (Wildman–Crippen MR) is 81.6 cm³/mol. The Bertz CT molecular complexity index is 549. The fourth-order valence-corrected chi connectivity index (χ4v) is 2.63. The van der Waals surface area contributed by atoms with Crippen LogP contribution < -0.4 is 11.3 Å². The number of hydrogen-bond acceptors (Lipinski definition) is 3. The molecule has 1 unspecified atom stereocenters. The van der Waals surface area contributed by atoms with Crippen LogP contribution in [0.3, 0.4) is 0 Å². The highest BCUT2D eigenvalue weighted by atomic mass is 79.9. The molecule has 0 radical (unpaired) electrons. The first-order valence-electron chi connectivity index (χ1n) is 6.25. The number of hydrogen-bond donors (Lipinski definition) is 2. The highest BCUT2D eigenvalue weighted by Crippen LogP contribution is 2.23. The molecule has 0 aliphatic carbocycles. The van der Waals surface area contributed by atoms with Crippen molar-refractivity contribution in [1.29, 1.82) is 0 Å². The van der Waals surface area contributed by atoms with E-state index in [9.17, 15) is 0 Å². The summed E-state index contributed by atoms with van der Waals surface area (Å²) in [5, 5.41) is 0. The normalized spacial score (nSPS) is 12.4. The van der Waals surface area contributed by atoms with Crippen molar-refractivity contribution in [2.24, 2.45) is 5.84 Å². The van der Waals surface area contributed by atoms with E-state index in [-0.39, 0.29) is 6.04 Å². The number of nitrogens with two attached hydrogens (primary N) is 1. The summed E-state index contributed by atoms with van der Waals surface area (Å²) in [6.45, 7) is 4.08. The molecule has 0 aliphatic heterocycles. The Morgan fingerprint density at radius 2 is 2.00 bits per heavy atom. The molecule has 0 aliphatic rings. The fourth-order valence-electron chi connectivity index (χ4n) is 2.18. The average molecular weight is 320 g/mol. The van der Waals surface area contributed by atoms with Crippen molar-refractivity contribution in [3.8, 4) is 0 Å². The minimum Gasteiger partial charge on any atom is -0.271 e. The number of rotatable bonds is 4. The second-order valence-corrected chi connectivity index (χ2v) is 5.58. The second kappa shape index (κ2) is 6.28. The molecule has 3 nitrogen and oxygen atoms in total. The standard InChI is InChI=1S/C15H18BrN3/c1-10-7-11(2)18-14(8-10)15(19-17)9-12-5-3-4-6-13(12)16/h3-8,15,19H,9,17H2,1-2H3. The Balaban J connectivity index is 2.28. The molecule has 100 valence electrons. The third-order valence-electron chi connectivity index (χ3n) is 3.06. The molecule has 0 saturated heterocycles. The molecule has 2 rings (SSSR count). The van der Waals surface area contributed by atoms with Crippen LogP contribution in [0.15, 0.2) is 40.9 Å². The molecular weight excluding hydrogens is 302 g/mol. The summed E-state index contributed by atoms with van der Waals surface area (Å²) in [4.78, 5) is 4.57. The average Bonchev–Trinajstić information content (AvgIpc) is 2.36. The molecule has 0 amide bonds. The Labute approximate surface area is 122 Å². The van der Waals surface area contributed by atoms with Crippen LogP contribution in [0.1, 0.15) is 28.6 Å². The van der Waals surface area contributed by atoms with Gasteiger partial charge < -0.3 is 0 Å². The zero-order valence-electron chi connectivity index (χ0n) is 11.2.